The van der Waals surface area contributed by atoms with Crippen LogP contribution in [0.25, 0.3) is 0 Å². The van der Waals surface area contributed by atoms with E-state index in [2.05, 4.69) is 19.5 Å². The number of nitrogens with zero attached hydrogens (tertiary/aromatic N) is 2. The lowest BCUT2D eigenvalue weighted by atomic mass is 10.2. The Labute approximate surface area is 167 Å². The number of carbonyl (C=O) groups is 2. The Morgan fingerprint density at radius 3 is 2.11 bits per heavy atom. The number of ether oxygens (including phenoxy) is 2. The van der Waals surface area contributed by atoms with Crippen molar-refractivity contribution >= 4 is 50.8 Å². The highest BCUT2D eigenvalue weighted by molar-refractivity contribution is 14.1. The van der Waals surface area contributed by atoms with Crippen LogP contribution < -0.4 is 19.5 Å². The van der Waals surface area contributed by atoms with E-state index in [1.54, 1.807) is 12.1 Å². The van der Waals surface area contributed by atoms with E-state index in [1.165, 1.54) is 37.1 Å². The van der Waals surface area contributed by atoms with Gasteiger partial charge >= 0.3 is 22.3 Å². The zero-order chi connectivity index (χ0) is 20.0. The fraction of sp³-hybridized carbons (Fsp3) is 0.143. The Morgan fingerprint density at radius 2 is 1.59 bits per heavy atom. The molecule has 0 spiro atoms. The van der Waals surface area contributed by atoms with Crippen LogP contribution in [0.2, 0.25) is 0 Å². The largest absolute Gasteiger partial charge is 0.481 e. The number of aromatic nitrogens is 2. The molecule has 0 atom stereocenters. The fourth-order valence-corrected chi connectivity index (χ4v) is 2.64. The van der Waals surface area contributed by atoms with Gasteiger partial charge < -0.3 is 13.7 Å². The third-order valence-corrected chi connectivity index (χ3v) is 4.33. The number of hydrogen-bond donors (Lipinski definition) is 2. The van der Waals surface area contributed by atoms with Gasteiger partial charge in [0.1, 0.15) is 0 Å². The number of hydrogen-bond acceptors (Lipinski definition) is 9. The van der Waals surface area contributed by atoms with Crippen molar-refractivity contribution in [1.82, 2.24) is 14.7 Å². The van der Waals surface area contributed by atoms with Crippen LogP contribution in [0.4, 0.5) is 10.7 Å². The normalized spacial score (nSPS) is 10.6. The van der Waals surface area contributed by atoms with Crippen molar-refractivity contribution in [1.29, 1.82) is 0 Å². The van der Waals surface area contributed by atoms with Crippen LogP contribution in [0.3, 0.4) is 0 Å². The van der Waals surface area contributed by atoms with Crippen molar-refractivity contribution in [3.63, 3.8) is 0 Å². The van der Waals surface area contributed by atoms with E-state index >= 15 is 0 Å². The molecule has 0 aliphatic heterocycles. The summed E-state index contributed by atoms with van der Waals surface area (Å²) in [5, 5.41) is 2.06. The van der Waals surface area contributed by atoms with Crippen LogP contribution >= 0.6 is 22.6 Å². The van der Waals surface area contributed by atoms with Crippen molar-refractivity contribution in [3.05, 3.63) is 39.5 Å². The molecule has 0 radical (unpaired) electrons. The highest BCUT2D eigenvalue weighted by Crippen LogP contribution is 2.17. The molecule has 0 saturated heterocycles. The van der Waals surface area contributed by atoms with Crippen LogP contribution in [-0.4, -0.2) is 44.6 Å². The van der Waals surface area contributed by atoms with Crippen LogP contribution in [-0.2, 0) is 14.5 Å². The number of benzene rings is 1. The molecular formula is C14H13IN4O7S. The van der Waals surface area contributed by atoms with Gasteiger partial charge in [-0.15, -0.1) is 0 Å². The molecule has 0 aliphatic carbocycles. The minimum absolute atomic E-state index is 0.00191. The van der Waals surface area contributed by atoms with Gasteiger partial charge in [-0.05, 0) is 46.9 Å². The molecule has 144 valence electrons. The topological polar surface area (TPSA) is 146 Å². The van der Waals surface area contributed by atoms with Gasteiger partial charge in [0.15, 0.2) is 0 Å². The summed E-state index contributed by atoms with van der Waals surface area (Å²) < 4.78 is 40.1. The first-order valence-electron chi connectivity index (χ1n) is 7.02. The smallest absolute Gasteiger partial charge is 0.413 e. The van der Waals surface area contributed by atoms with E-state index in [0.717, 1.165) is 3.57 Å². The summed E-state index contributed by atoms with van der Waals surface area (Å²) in [6.45, 7) is 0. The molecule has 2 rings (SSSR count). The van der Waals surface area contributed by atoms with Crippen molar-refractivity contribution in [2.75, 3.05) is 19.5 Å². The lowest BCUT2D eigenvalue weighted by Gasteiger charge is -2.09. The van der Waals surface area contributed by atoms with Crippen molar-refractivity contribution in [3.8, 4) is 11.8 Å². The van der Waals surface area contributed by atoms with E-state index in [9.17, 15) is 18.0 Å². The predicted octanol–water partition coefficient (Wildman–Crippen LogP) is 1.32. The highest BCUT2D eigenvalue weighted by atomic mass is 127. The summed E-state index contributed by atoms with van der Waals surface area (Å²) in [5.74, 6) is -1.29. The van der Waals surface area contributed by atoms with Gasteiger partial charge in [0.05, 0.1) is 25.8 Å². The molecular weight excluding hydrogens is 495 g/mol. The molecule has 2 aromatic rings. The summed E-state index contributed by atoms with van der Waals surface area (Å²) in [4.78, 5) is 31.3. The monoisotopic (exact) mass is 508 g/mol. The Morgan fingerprint density at radius 1 is 1.04 bits per heavy atom. The molecule has 1 heterocycles. The number of methoxy groups -OCH3 is 2. The van der Waals surface area contributed by atoms with Gasteiger partial charge in [0.2, 0.25) is 17.7 Å². The molecule has 27 heavy (non-hydrogen) atoms. The summed E-state index contributed by atoms with van der Waals surface area (Å²) in [7, 11) is -2.05. The van der Waals surface area contributed by atoms with Gasteiger partial charge in [-0.2, -0.15) is 18.4 Å². The van der Waals surface area contributed by atoms with Crippen LogP contribution in [0.15, 0.2) is 30.3 Å². The van der Waals surface area contributed by atoms with Crippen molar-refractivity contribution < 1.29 is 31.7 Å². The van der Waals surface area contributed by atoms with Crippen LogP contribution in [0.5, 0.6) is 11.8 Å². The SMILES string of the molecule is COc1cc(OC)nc(NC(=O)NS(=O)(=O)OC(=O)c2ccc(I)cc2)n1. The third-order valence-electron chi connectivity index (χ3n) is 2.81. The number of anilines is 1. The zero-order valence-electron chi connectivity index (χ0n) is 13.9. The van der Waals surface area contributed by atoms with Crippen LogP contribution in [0, 0.1) is 3.57 Å². The van der Waals surface area contributed by atoms with Crippen molar-refractivity contribution in [2.24, 2.45) is 0 Å². The molecule has 0 saturated carbocycles. The molecule has 0 fully saturated rings. The minimum atomic E-state index is -4.72. The standard InChI is InChI=1S/C14H13IN4O7S/c1-24-10-7-11(25-2)17-13(16-10)18-14(21)19-27(22,23)26-12(20)8-3-5-9(15)6-4-8/h3-7H,1-2H3,(H2,16,17,18,19,21). The van der Waals surface area contributed by atoms with Crippen molar-refractivity contribution in [2.45, 2.75) is 0 Å². The molecule has 0 bridgehead atoms. The molecule has 1 aromatic carbocycles. The zero-order valence-corrected chi connectivity index (χ0v) is 16.9. The van der Waals surface area contributed by atoms with Gasteiger partial charge in [-0.3, -0.25) is 5.32 Å². The number of carbonyl (C=O) groups excluding carboxylic acids is 2. The Hall–Kier alpha value is -2.68. The Kier molecular flexibility index (Phi) is 6.73. The number of urea groups is 1. The molecule has 0 unspecified atom stereocenters. The van der Waals surface area contributed by atoms with Crippen LogP contribution in [0.1, 0.15) is 10.4 Å². The first-order valence-corrected chi connectivity index (χ1v) is 9.51. The number of nitrogens with one attached hydrogen (secondary N) is 2. The lowest BCUT2D eigenvalue weighted by Crippen LogP contribution is -2.37. The Bertz CT molecular complexity index is 928. The van der Waals surface area contributed by atoms with E-state index in [1.807, 2.05) is 22.6 Å². The first-order chi connectivity index (χ1) is 12.7. The lowest BCUT2D eigenvalue weighted by molar-refractivity contribution is 0.0745. The molecule has 11 nitrogen and oxygen atoms in total. The molecule has 13 heteroatoms. The average Bonchev–Trinajstić information content (AvgIpc) is 2.60. The quantitative estimate of drug-likeness (QED) is 0.552. The van der Waals surface area contributed by atoms with Gasteiger partial charge in [-0.1, -0.05) is 0 Å². The maximum Gasteiger partial charge on any atom is 0.413 e. The maximum atomic E-state index is 11.8. The van der Waals surface area contributed by atoms with E-state index < -0.39 is 22.3 Å². The average molecular weight is 508 g/mol. The van der Waals surface area contributed by atoms with E-state index in [0.29, 0.717) is 0 Å². The summed E-state index contributed by atoms with van der Waals surface area (Å²) >= 11 is 2.02. The molecule has 2 N–H and O–H groups in total. The second-order valence-corrected chi connectivity index (χ2v) is 7.19. The highest BCUT2D eigenvalue weighted by Gasteiger charge is 2.22. The van der Waals surface area contributed by atoms with E-state index in [4.69, 9.17) is 9.47 Å². The molecule has 2 amide bonds. The minimum Gasteiger partial charge on any atom is -0.481 e. The summed E-state index contributed by atoms with van der Waals surface area (Å²) in [5.41, 5.74) is 0.00191. The third kappa shape index (κ3) is 6.21. The van der Waals surface area contributed by atoms with E-state index in [-0.39, 0.29) is 23.3 Å². The first kappa shape index (κ1) is 20.6. The fourth-order valence-electron chi connectivity index (χ4n) is 1.66. The van der Waals surface area contributed by atoms with Gasteiger partial charge in [0, 0.05) is 3.57 Å². The second-order valence-electron chi connectivity index (χ2n) is 4.66. The summed E-state index contributed by atoms with van der Waals surface area (Å²) in [6.07, 6.45) is 0. The van der Waals surface area contributed by atoms with Gasteiger partial charge in [0.25, 0.3) is 0 Å². The summed E-state index contributed by atoms with van der Waals surface area (Å²) in [6, 6.07) is 6.06. The molecule has 1 aromatic heterocycles. The number of halogens is 1. The number of amides is 2. The number of rotatable bonds is 6. The predicted molar refractivity (Wildman–Crippen MR) is 101 cm³/mol. The molecule has 0 aliphatic rings. The van der Waals surface area contributed by atoms with Gasteiger partial charge in [-0.25, -0.2) is 14.3 Å². The Balaban J connectivity index is 2.03. The second kappa shape index (κ2) is 8.81. The maximum absolute atomic E-state index is 11.8.